The summed E-state index contributed by atoms with van der Waals surface area (Å²) >= 11 is 0. The van der Waals surface area contributed by atoms with Crippen molar-refractivity contribution in [2.24, 2.45) is 0 Å². The molecule has 0 amide bonds. The van der Waals surface area contributed by atoms with Crippen LogP contribution in [0.3, 0.4) is 0 Å². The Bertz CT molecular complexity index is 517. The molecule has 0 aliphatic carbocycles. The van der Waals surface area contributed by atoms with Crippen LogP contribution in [0.5, 0.6) is 17.2 Å². The van der Waals surface area contributed by atoms with E-state index in [1.54, 1.807) is 12.1 Å². The Morgan fingerprint density at radius 1 is 0.882 bits per heavy atom. The van der Waals surface area contributed by atoms with E-state index in [2.05, 4.69) is 0 Å². The third kappa shape index (κ3) is 3.25. The summed E-state index contributed by atoms with van der Waals surface area (Å²) in [6.07, 6.45) is 0. The maximum Gasteiger partial charge on any atom is 0.174 e. The molecule has 3 heteroatoms. The zero-order valence-corrected chi connectivity index (χ0v) is 9.17. The van der Waals surface area contributed by atoms with Crippen molar-refractivity contribution in [3.8, 4) is 23.3 Å². The van der Waals surface area contributed by atoms with Gasteiger partial charge < -0.3 is 9.47 Å². The van der Waals surface area contributed by atoms with E-state index >= 15 is 0 Å². The molecule has 2 aromatic carbocycles. The summed E-state index contributed by atoms with van der Waals surface area (Å²) in [6, 6.07) is 18.6. The lowest BCUT2D eigenvalue weighted by Gasteiger charge is -2.07. The van der Waals surface area contributed by atoms with E-state index in [0.29, 0.717) is 11.5 Å². The molecular formula is C14H11NO2. The molecule has 0 N–H and O–H groups in total. The molecule has 0 unspecified atom stereocenters. The molecule has 84 valence electrons. The van der Waals surface area contributed by atoms with Crippen LogP contribution in [0.15, 0.2) is 54.6 Å². The quantitative estimate of drug-likeness (QED) is 0.801. The van der Waals surface area contributed by atoms with Crippen LogP contribution in [-0.2, 0) is 0 Å². The Morgan fingerprint density at radius 3 is 2.35 bits per heavy atom. The van der Waals surface area contributed by atoms with E-state index in [1.165, 1.54) is 0 Å². The van der Waals surface area contributed by atoms with Crippen molar-refractivity contribution in [3.05, 3.63) is 54.6 Å². The lowest BCUT2D eigenvalue weighted by molar-refractivity contribution is 0.365. The highest BCUT2D eigenvalue weighted by Gasteiger charge is 1.99. The zero-order valence-electron chi connectivity index (χ0n) is 9.17. The monoisotopic (exact) mass is 225 g/mol. The van der Waals surface area contributed by atoms with Gasteiger partial charge in [0.1, 0.15) is 23.3 Å². The van der Waals surface area contributed by atoms with Crippen LogP contribution in [0, 0.1) is 11.3 Å². The Morgan fingerprint density at radius 2 is 1.59 bits per heavy atom. The minimum Gasteiger partial charge on any atom is -0.479 e. The van der Waals surface area contributed by atoms with Crippen molar-refractivity contribution in [1.29, 1.82) is 5.26 Å². The van der Waals surface area contributed by atoms with E-state index in [0.717, 1.165) is 5.75 Å². The van der Waals surface area contributed by atoms with Crippen LogP contribution >= 0.6 is 0 Å². The van der Waals surface area contributed by atoms with Crippen molar-refractivity contribution in [2.45, 2.75) is 0 Å². The Balaban J connectivity index is 2.09. The van der Waals surface area contributed by atoms with Crippen LogP contribution in [0.2, 0.25) is 0 Å². The number of nitriles is 1. The van der Waals surface area contributed by atoms with E-state index < -0.39 is 0 Å². The molecule has 2 aromatic rings. The van der Waals surface area contributed by atoms with Gasteiger partial charge in [-0.25, -0.2) is 0 Å². The van der Waals surface area contributed by atoms with Crippen molar-refractivity contribution in [1.82, 2.24) is 0 Å². The molecule has 2 rings (SSSR count). The average Bonchev–Trinajstić information content (AvgIpc) is 2.38. The molecule has 0 bridgehead atoms. The van der Waals surface area contributed by atoms with Gasteiger partial charge in [-0.05, 0) is 24.3 Å². The second-order valence-electron chi connectivity index (χ2n) is 3.34. The number of ether oxygens (including phenoxy) is 2. The highest BCUT2D eigenvalue weighted by Crippen LogP contribution is 2.24. The lowest BCUT2D eigenvalue weighted by atomic mass is 10.3. The summed E-state index contributed by atoms with van der Waals surface area (Å²) in [5.74, 6) is 2.08. The first-order valence-electron chi connectivity index (χ1n) is 5.21. The van der Waals surface area contributed by atoms with Crippen molar-refractivity contribution >= 4 is 0 Å². The average molecular weight is 225 g/mol. The molecule has 0 aliphatic rings. The van der Waals surface area contributed by atoms with Crippen molar-refractivity contribution in [3.63, 3.8) is 0 Å². The fraction of sp³-hybridized carbons (Fsp3) is 0.0714. The van der Waals surface area contributed by atoms with E-state index in [1.807, 2.05) is 48.5 Å². The first-order valence-corrected chi connectivity index (χ1v) is 5.21. The third-order valence-electron chi connectivity index (χ3n) is 2.09. The maximum absolute atomic E-state index is 8.43. The Hall–Kier alpha value is -2.47. The molecule has 0 heterocycles. The SMILES string of the molecule is N#CCOc1cccc(Oc2ccccc2)c1. The van der Waals surface area contributed by atoms with Gasteiger partial charge in [-0.3, -0.25) is 0 Å². The molecule has 0 saturated heterocycles. The second kappa shape index (κ2) is 5.57. The fourth-order valence-electron chi connectivity index (χ4n) is 1.37. The number of benzene rings is 2. The molecular weight excluding hydrogens is 214 g/mol. The molecule has 0 aromatic heterocycles. The van der Waals surface area contributed by atoms with Gasteiger partial charge >= 0.3 is 0 Å². The van der Waals surface area contributed by atoms with Crippen LogP contribution in [0.4, 0.5) is 0 Å². The number of hydrogen-bond acceptors (Lipinski definition) is 3. The highest BCUT2D eigenvalue weighted by molar-refractivity contribution is 5.36. The smallest absolute Gasteiger partial charge is 0.174 e. The molecule has 17 heavy (non-hydrogen) atoms. The largest absolute Gasteiger partial charge is 0.479 e. The van der Waals surface area contributed by atoms with E-state index in [4.69, 9.17) is 14.7 Å². The van der Waals surface area contributed by atoms with Crippen molar-refractivity contribution < 1.29 is 9.47 Å². The van der Waals surface area contributed by atoms with Crippen LogP contribution < -0.4 is 9.47 Å². The normalized spacial score (nSPS) is 9.35. The highest BCUT2D eigenvalue weighted by atomic mass is 16.5. The maximum atomic E-state index is 8.43. The second-order valence-corrected chi connectivity index (χ2v) is 3.34. The molecule has 0 fully saturated rings. The van der Waals surface area contributed by atoms with Crippen LogP contribution in [0.1, 0.15) is 0 Å². The van der Waals surface area contributed by atoms with Crippen molar-refractivity contribution in [2.75, 3.05) is 6.61 Å². The van der Waals surface area contributed by atoms with Gasteiger partial charge in [0.05, 0.1) is 0 Å². The standard InChI is InChI=1S/C14H11NO2/c15-9-10-16-13-7-4-8-14(11-13)17-12-5-2-1-3-6-12/h1-8,11H,10H2. The molecule has 0 aliphatic heterocycles. The Labute approximate surface area is 99.8 Å². The van der Waals surface area contributed by atoms with Gasteiger partial charge in [-0.15, -0.1) is 0 Å². The number of rotatable bonds is 4. The molecule has 3 nitrogen and oxygen atoms in total. The van der Waals surface area contributed by atoms with E-state index in [9.17, 15) is 0 Å². The molecule has 0 radical (unpaired) electrons. The summed E-state index contributed by atoms with van der Waals surface area (Å²) in [5, 5.41) is 8.43. The first kappa shape index (κ1) is 11.0. The predicted octanol–water partition coefficient (Wildman–Crippen LogP) is 3.38. The topological polar surface area (TPSA) is 42.2 Å². The third-order valence-corrected chi connectivity index (χ3v) is 2.09. The summed E-state index contributed by atoms with van der Waals surface area (Å²) in [7, 11) is 0. The number of nitrogens with zero attached hydrogens (tertiary/aromatic N) is 1. The Kier molecular flexibility index (Phi) is 3.61. The summed E-state index contributed by atoms with van der Waals surface area (Å²) < 4.78 is 10.8. The van der Waals surface area contributed by atoms with Gasteiger partial charge in [-0.1, -0.05) is 24.3 Å². The number of para-hydroxylation sites is 1. The van der Waals surface area contributed by atoms with Crippen LogP contribution in [0.25, 0.3) is 0 Å². The first-order chi connectivity index (χ1) is 8.38. The van der Waals surface area contributed by atoms with Gasteiger partial charge in [0.15, 0.2) is 6.61 Å². The molecule has 0 spiro atoms. The lowest BCUT2D eigenvalue weighted by Crippen LogP contribution is -1.93. The zero-order chi connectivity index (χ0) is 11.9. The van der Waals surface area contributed by atoms with Gasteiger partial charge in [0, 0.05) is 6.07 Å². The minimum absolute atomic E-state index is 0.0365. The summed E-state index contributed by atoms with van der Waals surface area (Å²) in [4.78, 5) is 0. The molecule has 0 saturated carbocycles. The van der Waals surface area contributed by atoms with Gasteiger partial charge in [-0.2, -0.15) is 5.26 Å². The number of hydrogen-bond donors (Lipinski definition) is 0. The minimum atomic E-state index is 0.0365. The van der Waals surface area contributed by atoms with Gasteiger partial charge in [0.25, 0.3) is 0 Å². The predicted molar refractivity (Wildman–Crippen MR) is 64.1 cm³/mol. The van der Waals surface area contributed by atoms with E-state index in [-0.39, 0.29) is 6.61 Å². The summed E-state index contributed by atoms with van der Waals surface area (Å²) in [6.45, 7) is 0.0365. The van der Waals surface area contributed by atoms with Crippen LogP contribution in [-0.4, -0.2) is 6.61 Å². The molecule has 0 atom stereocenters. The fourth-order valence-corrected chi connectivity index (χ4v) is 1.37. The van der Waals surface area contributed by atoms with Gasteiger partial charge in [0.2, 0.25) is 0 Å². The summed E-state index contributed by atoms with van der Waals surface area (Å²) in [5.41, 5.74) is 0.